The minimum absolute atomic E-state index is 0.0569. The van der Waals surface area contributed by atoms with E-state index in [4.69, 9.17) is 15.9 Å². The summed E-state index contributed by atoms with van der Waals surface area (Å²) in [6.45, 7) is 3.46. The van der Waals surface area contributed by atoms with Gasteiger partial charge in [-0.25, -0.2) is 4.79 Å². The van der Waals surface area contributed by atoms with E-state index in [0.29, 0.717) is 5.56 Å². The van der Waals surface area contributed by atoms with Crippen LogP contribution < -0.4 is 5.73 Å². The van der Waals surface area contributed by atoms with Crippen molar-refractivity contribution in [3.63, 3.8) is 0 Å². The van der Waals surface area contributed by atoms with Gasteiger partial charge in [0.05, 0.1) is 11.5 Å². The third-order valence-electron chi connectivity index (χ3n) is 2.86. The smallest absolute Gasteiger partial charge is 0.335 e. The number of aliphatic carboxylic acids is 1. The van der Waals surface area contributed by atoms with E-state index in [-0.39, 0.29) is 12.1 Å². The highest BCUT2D eigenvalue weighted by Gasteiger charge is 2.22. The van der Waals surface area contributed by atoms with Gasteiger partial charge in [0.25, 0.3) is 0 Å². The van der Waals surface area contributed by atoms with E-state index in [0.717, 1.165) is 11.1 Å². The fourth-order valence-electron chi connectivity index (χ4n) is 1.73. The molecule has 0 fully saturated rings. The maximum atomic E-state index is 11.0. The first kappa shape index (κ1) is 13.2. The van der Waals surface area contributed by atoms with Gasteiger partial charge in [-0.2, -0.15) is 0 Å². The van der Waals surface area contributed by atoms with Crippen LogP contribution >= 0.6 is 0 Å². The molecule has 0 spiro atoms. The molecule has 0 aliphatic rings. The second-order valence-corrected chi connectivity index (χ2v) is 3.94. The fourth-order valence-corrected chi connectivity index (χ4v) is 1.73. The number of aryl methyl sites for hydroxylation is 1. The first-order chi connectivity index (χ1) is 7.88. The largest absolute Gasteiger partial charge is 0.481 e. The Kier molecular flexibility index (Phi) is 3.85. The molecule has 1 rings (SSSR count). The summed E-state index contributed by atoms with van der Waals surface area (Å²) >= 11 is 0. The zero-order valence-electron chi connectivity index (χ0n) is 9.73. The van der Waals surface area contributed by atoms with Crippen molar-refractivity contribution in [2.75, 3.05) is 6.54 Å². The number of carbonyl (C=O) groups is 2. The number of nitrogens with two attached hydrogens (primary N) is 1. The average Bonchev–Trinajstić information content (AvgIpc) is 2.24. The molecule has 1 aromatic carbocycles. The predicted molar refractivity (Wildman–Crippen MR) is 62.3 cm³/mol. The van der Waals surface area contributed by atoms with Gasteiger partial charge in [0.2, 0.25) is 0 Å². The first-order valence-corrected chi connectivity index (χ1v) is 5.15. The molecule has 4 N–H and O–H groups in total. The summed E-state index contributed by atoms with van der Waals surface area (Å²) in [6, 6.07) is 2.91. The highest BCUT2D eigenvalue weighted by atomic mass is 16.4. The molecule has 1 unspecified atom stereocenters. The van der Waals surface area contributed by atoms with Gasteiger partial charge in [0.15, 0.2) is 0 Å². The van der Waals surface area contributed by atoms with Gasteiger partial charge in [-0.3, -0.25) is 4.79 Å². The van der Waals surface area contributed by atoms with Crippen LogP contribution in [0.1, 0.15) is 33.0 Å². The van der Waals surface area contributed by atoms with Gasteiger partial charge in [0.1, 0.15) is 0 Å². The van der Waals surface area contributed by atoms with Crippen molar-refractivity contribution >= 4 is 11.9 Å². The Morgan fingerprint density at radius 1 is 1.29 bits per heavy atom. The average molecular weight is 237 g/mol. The summed E-state index contributed by atoms with van der Waals surface area (Å²) in [5.74, 6) is -2.99. The van der Waals surface area contributed by atoms with E-state index in [2.05, 4.69) is 0 Å². The Morgan fingerprint density at radius 3 is 2.29 bits per heavy atom. The second-order valence-electron chi connectivity index (χ2n) is 3.94. The van der Waals surface area contributed by atoms with Crippen molar-refractivity contribution in [3.05, 3.63) is 34.4 Å². The van der Waals surface area contributed by atoms with E-state index in [9.17, 15) is 9.59 Å². The van der Waals surface area contributed by atoms with Crippen LogP contribution in [0.25, 0.3) is 0 Å². The molecule has 1 atom stereocenters. The molecule has 0 aromatic heterocycles. The Morgan fingerprint density at radius 2 is 1.88 bits per heavy atom. The number of rotatable bonds is 4. The van der Waals surface area contributed by atoms with Crippen molar-refractivity contribution < 1.29 is 19.8 Å². The third-order valence-corrected chi connectivity index (χ3v) is 2.86. The van der Waals surface area contributed by atoms with Crippen LogP contribution in [0.15, 0.2) is 12.1 Å². The topological polar surface area (TPSA) is 101 Å². The van der Waals surface area contributed by atoms with Crippen LogP contribution in [-0.4, -0.2) is 28.7 Å². The molecule has 0 saturated carbocycles. The van der Waals surface area contributed by atoms with Crippen LogP contribution in [-0.2, 0) is 4.79 Å². The molecule has 0 aliphatic carbocycles. The number of hydrogen-bond donors (Lipinski definition) is 3. The van der Waals surface area contributed by atoms with Gasteiger partial charge >= 0.3 is 11.9 Å². The lowest BCUT2D eigenvalue weighted by Crippen LogP contribution is -2.22. The second kappa shape index (κ2) is 4.97. The monoisotopic (exact) mass is 237 g/mol. The Bertz CT molecular complexity index is 468. The molecule has 92 valence electrons. The molecule has 0 heterocycles. The zero-order valence-corrected chi connectivity index (χ0v) is 9.73. The van der Waals surface area contributed by atoms with Crippen molar-refractivity contribution in [2.24, 2.45) is 5.73 Å². The number of carboxylic acid groups (broad SMARTS) is 2. The number of hydrogen-bond acceptors (Lipinski definition) is 3. The Balaban J connectivity index is 3.40. The molecule has 0 aliphatic heterocycles. The summed E-state index contributed by atoms with van der Waals surface area (Å²) in [4.78, 5) is 22.0. The van der Waals surface area contributed by atoms with Crippen molar-refractivity contribution in [1.82, 2.24) is 0 Å². The minimum Gasteiger partial charge on any atom is -0.481 e. The lowest BCUT2D eigenvalue weighted by molar-refractivity contribution is -0.138. The summed E-state index contributed by atoms with van der Waals surface area (Å²) < 4.78 is 0. The lowest BCUT2D eigenvalue weighted by Gasteiger charge is -2.16. The maximum absolute atomic E-state index is 11.0. The molecule has 5 nitrogen and oxygen atoms in total. The van der Waals surface area contributed by atoms with E-state index < -0.39 is 17.9 Å². The van der Waals surface area contributed by atoms with Gasteiger partial charge < -0.3 is 15.9 Å². The quantitative estimate of drug-likeness (QED) is 0.728. The van der Waals surface area contributed by atoms with Crippen molar-refractivity contribution in [3.8, 4) is 0 Å². The summed E-state index contributed by atoms with van der Waals surface area (Å²) in [6.07, 6.45) is 0. The summed E-state index contributed by atoms with van der Waals surface area (Å²) in [5, 5.41) is 18.0. The molecule has 1 aromatic rings. The van der Waals surface area contributed by atoms with Crippen molar-refractivity contribution in [1.29, 1.82) is 0 Å². The van der Waals surface area contributed by atoms with Crippen molar-refractivity contribution in [2.45, 2.75) is 19.8 Å². The normalized spacial score (nSPS) is 12.2. The molecule has 0 radical (unpaired) electrons. The van der Waals surface area contributed by atoms with Crippen LogP contribution in [0.5, 0.6) is 0 Å². The van der Waals surface area contributed by atoms with Crippen LogP contribution in [0.2, 0.25) is 0 Å². The fraction of sp³-hybridized carbons (Fsp3) is 0.333. The number of carboxylic acids is 2. The molecule has 0 saturated heterocycles. The van der Waals surface area contributed by atoms with E-state index >= 15 is 0 Å². The SMILES string of the molecule is Cc1cc(C(=O)O)cc(C(CN)C(=O)O)c1C. The van der Waals surface area contributed by atoms with Gasteiger partial charge in [-0.1, -0.05) is 0 Å². The van der Waals surface area contributed by atoms with Gasteiger partial charge in [-0.15, -0.1) is 0 Å². The predicted octanol–water partition coefficient (Wildman–Crippen LogP) is 1.13. The van der Waals surface area contributed by atoms with Gasteiger partial charge in [0, 0.05) is 6.54 Å². The van der Waals surface area contributed by atoms with Crippen LogP contribution in [0.3, 0.4) is 0 Å². The zero-order chi connectivity index (χ0) is 13.2. The highest BCUT2D eigenvalue weighted by molar-refractivity contribution is 5.89. The molecule has 0 amide bonds. The van der Waals surface area contributed by atoms with Crippen LogP contribution in [0.4, 0.5) is 0 Å². The Hall–Kier alpha value is -1.88. The third kappa shape index (κ3) is 2.62. The number of aromatic carboxylic acids is 1. The maximum Gasteiger partial charge on any atom is 0.335 e. The first-order valence-electron chi connectivity index (χ1n) is 5.15. The molecule has 0 bridgehead atoms. The van der Waals surface area contributed by atoms with Gasteiger partial charge in [-0.05, 0) is 42.7 Å². The number of benzene rings is 1. The summed E-state index contributed by atoms with van der Waals surface area (Å²) in [5.41, 5.74) is 7.50. The Labute approximate surface area is 98.9 Å². The lowest BCUT2D eigenvalue weighted by atomic mass is 9.90. The van der Waals surface area contributed by atoms with E-state index in [1.807, 2.05) is 0 Å². The van der Waals surface area contributed by atoms with E-state index in [1.165, 1.54) is 12.1 Å². The molecule has 5 heteroatoms. The minimum atomic E-state index is -1.07. The van der Waals surface area contributed by atoms with E-state index in [1.54, 1.807) is 13.8 Å². The summed E-state index contributed by atoms with van der Waals surface area (Å²) in [7, 11) is 0. The standard InChI is InChI=1S/C12H15NO4/c1-6-3-8(11(14)15)4-9(7(6)2)10(5-13)12(16)17/h3-4,10H,5,13H2,1-2H3,(H,14,15)(H,16,17). The highest BCUT2D eigenvalue weighted by Crippen LogP contribution is 2.24. The molecule has 17 heavy (non-hydrogen) atoms. The molecular weight excluding hydrogens is 222 g/mol. The van der Waals surface area contributed by atoms with Crippen LogP contribution in [0, 0.1) is 13.8 Å². The molecular formula is C12H15NO4.